The van der Waals surface area contributed by atoms with Crippen LogP contribution in [0.5, 0.6) is 5.88 Å². The second kappa shape index (κ2) is 9.86. The van der Waals surface area contributed by atoms with Crippen LogP contribution in [0.3, 0.4) is 0 Å². The van der Waals surface area contributed by atoms with Gasteiger partial charge in [0.15, 0.2) is 0 Å². The van der Waals surface area contributed by atoms with Gasteiger partial charge in [-0.25, -0.2) is 9.97 Å². The first-order chi connectivity index (χ1) is 12.6. The average molecular weight is 362 g/mol. The first-order valence-corrected chi connectivity index (χ1v) is 8.78. The number of rotatable bonds is 6. The van der Waals surface area contributed by atoms with E-state index in [1.807, 2.05) is 6.92 Å². The molecule has 1 fully saturated rings. The highest BCUT2D eigenvalue weighted by atomic mass is 16.5. The summed E-state index contributed by atoms with van der Waals surface area (Å²) >= 11 is 0. The minimum atomic E-state index is -0.0765. The fraction of sp³-hybridized carbons (Fsp3) is 0.556. The van der Waals surface area contributed by atoms with Gasteiger partial charge in [0.2, 0.25) is 5.88 Å². The van der Waals surface area contributed by atoms with Gasteiger partial charge in [-0.2, -0.15) is 5.10 Å². The van der Waals surface area contributed by atoms with Crippen molar-refractivity contribution in [1.82, 2.24) is 19.7 Å². The summed E-state index contributed by atoms with van der Waals surface area (Å²) in [5, 5.41) is 13.6. The molecule has 1 aliphatic rings. The molecule has 1 saturated carbocycles. The molecule has 0 atom stereocenters. The molecule has 2 aromatic heterocycles. The molecule has 142 valence electrons. The van der Waals surface area contributed by atoms with Crippen molar-refractivity contribution < 1.29 is 19.4 Å². The molecule has 3 rings (SSSR count). The Kier molecular flexibility index (Phi) is 7.53. The Bertz CT molecular complexity index is 711. The molecule has 0 aromatic carbocycles. The van der Waals surface area contributed by atoms with Crippen LogP contribution in [0.1, 0.15) is 44.0 Å². The molecule has 0 saturated heterocycles. The number of aliphatic hydroxyl groups is 1. The molecule has 8 nitrogen and oxygen atoms in total. The molecule has 0 unspecified atom stereocenters. The van der Waals surface area contributed by atoms with E-state index in [1.165, 1.54) is 12.8 Å². The maximum Gasteiger partial charge on any atom is 0.293 e. The predicted molar refractivity (Wildman–Crippen MR) is 95.5 cm³/mol. The number of ether oxygens (including phenoxy) is 2. The van der Waals surface area contributed by atoms with Crippen LogP contribution in [-0.4, -0.2) is 44.0 Å². The van der Waals surface area contributed by atoms with Crippen molar-refractivity contribution in [1.29, 1.82) is 0 Å². The Hall–Kier alpha value is -2.48. The Morgan fingerprint density at radius 3 is 2.62 bits per heavy atom. The third kappa shape index (κ3) is 5.01. The molecular weight excluding hydrogens is 336 g/mol. The second-order valence-corrected chi connectivity index (χ2v) is 6.01. The highest BCUT2D eigenvalue weighted by Crippen LogP contribution is 2.27. The lowest BCUT2D eigenvalue weighted by Crippen LogP contribution is -2.13. The summed E-state index contributed by atoms with van der Waals surface area (Å²) in [6, 6.07) is 0. The number of hydrogen-bond acceptors (Lipinski definition) is 7. The number of carbonyl (C=O) groups excluding carboxylic acids is 1. The van der Waals surface area contributed by atoms with Gasteiger partial charge in [-0.15, -0.1) is 0 Å². The minimum Gasteiger partial charge on any atom is -0.473 e. The van der Waals surface area contributed by atoms with E-state index in [1.54, 1.807) is 31.0 Å². The third-order valence-corrected chi connectivity index (χ3v) is 4.20. The summed E-state index contributed by atoms with van der Waals surface area (Å²) in [5.74, 6) is 0.611. The van der Waals surface area contributed by atoms with Crippen molar-refractivity contribution in [3.8, 4) is 17.1 Å². The molecule has 0 amide bonds. The number of hydrogen-bond donors (Lipinski definition) is 1. The van der Waals surface area contributed by atoms with Gasteiger partial charge in [0.25, 0.3) is 6.47 Å². The molecule has 2 aromatic rings. The monoisotopic (exact) mass is 362 g/mol. The van der Waals surface area contributed by atoms with E-state index < -0.39 is 0 Å². The van der Waals surface area contributed by atoms with Crippen LogP contribution >= 0.6 is 0 Å². The second-order valence-electron chi connectivity index (χ2n) is 6.01. The number of aryl methyl sites for hydroxylation is 2. The zero-order chi connectivity index (χ0) is 18.9. The number of aliphatic hydroxyl groups excluding tert-OH is 1. The maximum absolute atomic E-state index is 9.43. The standard InChI is InChI=1S/C15H20N4O2.C3H6O2/c1-10-15(21-11-5-3-4-6-11)16-8-13(18-10)12-7-17-19(2)14(12)9-20;1-2-5-3-4/h7-8,11,20H,3-6,9H2,1-2H3;3H,2H2,1H3. The zero-order valence-corrected chi connectivity index (χ0v) is 15.5. The lowest BCUT2D eigenvalue weighted by Gasteiger charge is -2.14. The molecule has 0 radical (unpaired) electrons. The molecule has 1 aliphatic carbocycles. The summed E-state index contributed by atoms with van der Waals surface area (Å²) in [6.07, 6.45) is 8.31. The molecule has 1 N–H and O–H groups in total. The van der Waals surface area contributed by atoms with E-state index in [0.29, 0.717) is 24.7 Å². The van der Waals surface area contributed by atoms with E-state index in [9.17, 15) is 9.90 Å². The Morgan fingerprint density at radius 2 is 2.08 bits per heavy atom. The van der Waals surface area contributed by atoms with E-state index in [0.717, 1.165) is 29.8 Å². The molecule has 2 heterocycles. The first-order valence-electron chi connectivity index (χ1n) is 8.78. The maximum atomic E-state index is 9.43. The van der Waals surface area contributed by atoms with E-state index in [2.05, 4.69) is 19.8 Å². The van der Waals surface area contributed by atoms with Gasteiger partial charge in [0.1, 0.15) is 11.8 Å². The fourth-order valence-electron chi connectivity index (χ4n) is 2.81. The Morgan fingerprint density at radius 1 is 1.35 bits per heavy atom. The van der Waals surface area contributed by atoms with E-state index in [4.69, 9.17) is 4.74 Å². The largest absolute Gasteiger partial charge is 0.473 e. The van der Waals surface area contributed by atoms with Crippen molar-refractivity contribution in [3.05, 3.63) is 23.8 Å². The summed E-state index contributed by atoms with van der Waals surface area (Å²) in [7, 11) is 1.80. The van der Waals surface area contributed by atoms with Crippen LogP contribution in [0.4, 0.5) is 0 Å². The van der Waals surface area contributed by atoms with Gasteiger partial charge in [-0.05, 0) is 39.5 Å². The van der Waals surface area contributed by atoms with Crippen molar-refractivity contribution in [2.75, 3.05) is 6.61 Å². The highest BCUT2D eigenvalue weighted by molar-refractivity contribution is 5.60. The molecule has 8 heteroatoms. The quantitative estimate of drug-likeness (QED) is 0.786. The zero-order valence-electron chi connectivity index (χ0n) is 15.5. The normalized spacial score (nSPS) is 13.8. The van der Waals surface area contributed by atoms with Gasteiger partial charge in [-0.3, -0.25) is 9.48 Å². The third-order valence-electron chi connectivity index (χ3n) is 4.20. The Balaban J connectivity index is 0.000000431. The number of aromatic nitrogens is 4. The van der Waals surface area contributed by atoms with Crippen LogP contribution in [0.25, 0.3) is 11.3 Å². The number of carbonyl (C=O) groups is 1. The fourth-order valence-corrected chi connectivity index (χ4v) is 2.81. The van der Waals surface area contributed by atoms with Crippen LogP contribution in [0.15, 0.2) is 12.4 Å². The summed E-state index contributed by atoms with van der Waals surface area (Å²) in [6.45, 7) is 4.49. The van der Waals surface area contributed by atoms with Crippen molar-refractivity contribution in [2.24, 2.45) is 7.05 Å². The van der Waals surface area contributed by atoms with Crippen molar-refractivity contribution in [2.45, 2.75) is 52.2 Å². The number of nitrogens with zero attached hydrogens (tertiary/aromatic N) is 4. The predicted octanol–water partition coefficient (Wildman–Crippen LogP) is 2.18. The lowest BCUT2D eigenvalue weighted by molar-refractivity contribution is -0.128. The van der Waals surface area contributed by atoms with Gasteiger partial charge in [0, 0.05) is 12.6 Å². The van der Waals surface area contributed by atoms with Gasteiger partial charge < -0.3 is 14.6 Å². The van der Waals surface area contributed by atoms with Gasteiger partial charge >= 0.3 is 0 Å². The summed E-state index contributed by atoms with van der Waals surface area (Å²) in [4.78, 5) is 18.1. The van der Waals surface area contributed by atoms with Crippen molar-refractivity contribution >= 4 is 6.47 Å². The average Bonchev–Trinajstić information content (AvgIpc) is 3.27. The van der Waals surface area contributed by atoms with E-state index >= 15 is 0 Å². The van der Waals surface area contributed by atoms with E-state index in [-0.39, 0.29) is 12.7 Å². The topological polar surface area (TPSA) is 99.4 Å². The van der Waals surface area contributed by atoms with Crippen LogP contribution < -0.4 is 4.74 Å². The molecule has 26 heavy (non-hydrogen) atoms. The van der Waals surface area contributed by atoms with Crippen LogP contribution in [0, 0.1) is 6.92 Å². The molecular formula is C18H26N4O4. The molecule has 0 bridgehead atoms. The van der Waals surface area contributed by atoms with Gasteiger partial charge in [-0.1, -0.05) is 0 Å². The lowest BCUT2D eigenvalue weighted by atomic mass is 10.2. The first kappa shape index (κ1) is 19.8. The summed E-state index contributed by atoms with van der Waals surface area (Å²) in [5.41, 5.74) is 3.02. The smallest absolute Gasteiger partial charge is 0.293 e. The van der Waals surface area contributed by atoms with Crippen LogP contribution in [0.2, 0.25) is 0 Å². The SMILES string of the molecule is CCOC=O.Cc1nc(-c2cnn(C)c2CO)cnc1OC1CCCC1. The highest BCUT2D eigenvalue weighted by Gasteiger charge is 2.19. The minimum absolute atomic E-state index is 0.0765. The van der Waals surface area contributed by atoms with Crippen LogP contribution in [-0.2, 0) is 23.2 Å². The molecule has 0 aliphatic heterocycles. The van der Waals surface area contributed by atoms with Crippen molar-refractivity contribution in [3.63, 3.8) is 0 Å². The Labute approximate surface area is 153 Å². The summed E-state index contributed by atoms with van der Waals surface area (Å²) < 4.78 is 11.7. The van der Waals surface area contributed by atoms with Gasteiger partial charge in [0.05, 0.1) is 37.0 Å². The molecule has 0 spiro atoms.